The molecule has 0 spiro atoms. The first-order valence-corrected chi connectivity index (χ1v) is 14.1. The van der Waals surface area contributed by atoms with Crippen molar-refractivity contribution in [2.45, 2.75) is 19.7 Å². The van der Waals surface area contributed by atoms with E-state index in [4.69, 9.17) is 9.47 Å². The molecule has 1 aromatic heterocycles. The van der Waals surface area contributed by atoms with Crippen molar-refractivity contribution in [3.63, 3.8) is 0 Å². The van der Waals surface area contributed by atoms with E-state index >= 15 is 0 Å². The van der Waals surface area contributed by atoms with Crippen LogP contribution in [0.2, 0.25) is 0 Å². The molecular formula is C31H22Br2F3N3O3. The Balaban J connectivity index is 1.59. The van der Waals surface area contributed by atoms with E-state index in [9.17, 15) is 18.0 Å². The lowest BCUT2D eigenvalue weighted by atomic mass is 10.1. The van der Waals surface area contributed by atoms with E-state index in [1.54, 1.807) is 30.3 Å². The Bertz CT molecular complexity index is 1890. The van der Waals surface area contributed by atoms with Crippen LogP contribution in [0, 0.1) is 6.92 Å². The molecule has 0 N–H and O–H groups in total. The Morgan fingerprint density at radius 2 is 1.74 bits per heavy atom. The number of benzene rings is 4. The first kappa shape index (κ1) is 29.5. The molecule has 5 aromatic rings. The van der Waals surface area contributed by atoms with Crippen LogP contribution in [0.25, 0.3) is 22.3 Å². The molecule has 11 heteroatoms. The molecule has 0 bridgehead atoms. The SMILES string of the molecule is COc1cc(C=Nn2c(-c3cccc(C(F)(F)F)c3)nc3ccccc3c2=O)c(Br)c(Br)c1OCc1cccc(C)c1. The van der Waals surface area contributed by atoms with Gasteiger partial charge in [-0.1, -0.05) is 54.1 Å². The second-order valence-electron chi connectivity index (χ2n) is 9.30. The highest BCUT2D eigenvalue weighted by molar-refractivity contribution is 9.13. The summed E-state index contributed by atoms with van der Waals surface area (Å²) >= 11 is 7.12. The summed E-state index contributed by atoms with van der Waals surface area (Å²) in [6, 6.07) is 20.8. The molecule has 0 aliphatic carbocycles. The molecule has 0 aliphatic rings. The van der Waals surface area contributed by atoms with Gasteiger partial charge in [-0.15, -0.1) is 0 Å². The molecule has 5 rings (SSSR count). The van der Waals surface area contributed by atoms with E-state index < -0.39 is 17.3 Å². The summed E-state index contributed by atoms with van der Waals surface area (Å²) in [5.74, 6) is 0.819. The lowest BCUT2D eigenvalue weighted by Crippen LogP contribution is -2.20. The van der Waals surface area contributed by atoms with Crippen LogP contribution in [0.4, 0.5) is 13.2 Å². The summed E-state index contributed by atoms with van der Waals surface area (Å²) in [6.45, 7) is 2.30. The number of alkyl halides is 3. The number of rotatable bonds is 7. The summed E-state index contributed by atoms with van der Waals surface area (Å²) < 4.78 is 54.2. The molecule has 0 radical (unpaired) electrons. The highest BCUT2D eigenvalue weighted by Gasteiger charge is 2.31. The van der Waals surface area contributed by atoms with Crippen LogP contribution in [0.1, 0.15) is 22.3 Å². The van der Waals surface area contributed by atoms with Crippen LogP contribution < -0.4 is 15.0 Å². The fourth-order valence-electron chi connectivity index (χ4n) is 4.31. The fourth-order valence-corrected chi connectivity index (χ4v) is 5.25. The molecule has 0 fully saturated rings. The first-order chi connectivity index (χ1) is 20.1. The lowest BCUT2D eigenvalue weighted by molar-refractivity contribution is -0.137. The highest BCUT2D eigenvalue weighted by Crippen LogP contribution is 2.42. The molecule has 0 aliphatic heterocycles. The van der Waals surface area contributed by atoms with Gasteiger partial charge in [0.1, 0.15) is 6.61 Å². The maximum Gasteiger partial charge on any atom is 0.416 e. The van der Waals surface area contributed by atoms with Crippen LogP contribution in [-0.2, 0) is 12.8 Å². The van der Waals surface area contributed by atoms with Crippen LogP contribution in [-0.4, -0.2) is 23.0 Å². The van der Waals surface area contributed by atoms with Gasteiger partial charge < -0.3 is 9.47 Å². The fraction of sp³-hybridized carbons (Fsp3) is 0.129. The molecule has 42 heavy (non-hydrogen) atoms. The van der Waals surface area contributed by atoms with Crippen molar-refractivity contribution in [3.05, 3.63) is 120 Å². The number of aromatic nitrogens is 2. The highest BCUT2D eigenvalue weighted by atomic mass is 79.9. The zero-order valence-corrected chi connectivity index (χ0v) is 25.4. The van der Waals surface area contributed by atoms with Gasteiger partial charge in [0.15, 0.2) is 17.3 Å². The monoisotopic (exact) mass is 699 g/mol. The van der Waals surface area contributed by atoms with E-state index in [0.29, 0.717) is 38.1 Å². The number of hydrogen-bond acceptors (Lipinski definition) is 5. The predicted octanol–water partition coefficient (Wildman–Crippen LogP) is 8.39. The zero-order chi connectivity index (χ0) is 30.0. The number of nitrogens with zero attached hydrogens (tertiary/aromatic N) is 3. The smallest absolute Gasteiger partial charge is 0.416 e. The quantitative estimate of drug-likeness (QED) is 0.160. The normalized spacial score (nSPS) is 11.8. The van der Waals surface area contributed by atoms with Crippen molar-refractivity contribution in [2.75, 3.05) is 7.11 Å². The van der Waals surface area contributed by atoms with Gasteiger partial charge in [0, 0.05) is 15.6 Å². The number of hydrogen-bond donors (Lipinski definition) is 0. The third kappa shape index (κ3) is 6.12. The molecule has 6 nitrogen and oxygen atoms in total. The molecule has 0 atom stereocenters. The van der Waals surface area contributed by atoms with Crippen LogP contribution in [0.5, 0.6) is 11.5 Å². The minimum absolute atomic E-state index is 0.0405. The minimum atomic E-state index is -4.57. The standard InChI is InChI=1S/C31H22Br2F3N3O3/c1-18-7-5-8-19(13-18)17-42-28-25(41-2)15-21(26(32)27(28)33)16-37-39-29(20-9-6-10-22(14-20)31(34,35)36)38-24-12-4-3-11-23(24)30(39)40/h3-16H,17H2,1-2H3. The zero-order valence-electron chi connectivity index (χ0n) is 22.2. The molecule has 0 saturated heterocycles. The number of para-hydroxylation sites is 1. The minimum Gasteiger partial charge on any atom is -0.493 e. The van der Waals surface area contributed by atoms with Crippen LogP contribution >= 0.6 is 31.9 Å². The summed E-state index contributed by atoms with van der Waals surface area (Å²) in [6.07, 6.45) is -3.17. The Hall–Kier alpha value is -3.96. The van der Waals surface area contributed by atoms with Gasteiger partial charge >= 0.3 is 6.18 Å². The van der Waals surface area contributed by atoms with Crippen molar-refractivity contribution >= 4 is 49.0 Å². The maximum absolute atomic E-state index is 13.5. The molecule has 0 amide bonds. The number of aryl methyl sites for hydroxylation is 1. The van der Waals surface area contributed by atoms with Crippen molar-refractivity contribution in [1.82, 2.24) is 9.66 Å². The molecular weight excluding hydrogens is 679 g/mol. The molecule has 1 heterocycles. The summed E-state index contributed by atoms with van der Waals surface area (Å²) in [7, 11) is 1.50. The summed E-state index contributed by atoms with van der Waals surface area (Å²) in [5.41, 5.74) is 1.62. The molecule has 214 valence electrons. The Kier molecular flexibility index (Phi) is 8.51. The topological polar surface area (TPSA) is 65.7 Å². The Morgan fingerprint density at radius 3 is 2.48 bits per heavy atom. The Morgan fingerprint density at radius 1 is 0.976 bits per heavy atom. The van der Waals surface area contributed by atoms with Gasteiger partial charge in [-0.2, -0.15) is 22.9 Å². The average molecular weight is 701 g/mol. The number of fused-ring (bicyclic) bond motifs is 1. The van der Waals surface area contributed by atoms with Gasteiger partial charge in [-0.3, -0.25) is 4.79 Å². The first-order valence-electron chi connectivity index (χ1n) is 12.5. The number of ether oxygens (including phenoxy) is 2. The second kappa shape index (κ2) is 12.1. The van der Waals surface area contributed by atoms with Gasteiger partial charge in [0.05, 0.1) is 34.3 Å². The van der Waals surface area contributed by atoms with Crippen LogP contribution in [0.15, 0.2) is 97.7 Å². The number of halogens is 5. The van der Waals surface area contributed by atoms with E-state index in [2.05, 4.69) is 41.9 Å². The van der Waals surface area contributed by atoms with E-state index in [-0.39, 0.29) is 16.8 Å². The Labute approximate surface area is 255 Å². The van der Waals surface area contributed by atoms with E-state index in [0.717, 1.165) is 27.9 Å². The summed E-state index contributed by atoms with van der Waals surface area (Å²) in [4.78, 5) is 18.0. The van der Waals surface area contributed by atoms with Gasteiger partial charge in [0.2, 0.25) is 0 Å². The largest absolute Gasteiger partial charge is 0.493 e. The van der Waals surface area contributed by atoms with E-state index in [1.165, 1.54) is 25.5 Å². The van der Waals surface area contributed by atoms with Gasteiger partial charge in [-0.05, 0) is 74.7 Å². The van der Waals surface area contributed by atoms with Crippen molar-refractivity contribution in [1.29, 1.82) is 0 Å². The second-order valence-corrected chi connectivity index (χ2v) is 10.9. The summed E-state index contributed by atoms with van der Waals surface area (Å²) in [5, 5.41) is 4.66. The van der Waals surface area contributed by atoms with Gasteiger partial charge in [0.25, 0.3) is 5.56 Å². The van der Waals surface area contributed by atoms with E-state index in [1.807, 2.05) is 31.2 Å². The average Bonchev–Trinajstić information content (AvgIpc) is 2.97. The van der Waals surface area contributed by atoms with Gasteiger partial charge in [-0.25, -0.2) is 4.98 Å². The third-order valence-corrected chi connectivity index (χ3v) is 8.50. The van der Waals surface area contributed by atoms with Crippen molar-refractivity contribution < 1.29 is 22.6 Å². The van der Waals surface area contributed by atoms with Crippen LogP contribution in [0.3, 0.4) is 0 Å². The predicted molar refractivity (Wildman–Crippen MR) is 163 cm³/mol. The third-order valence-electron chi connectivity index (χ3n) is 6.36. The number of methoxy groups -OCH3 is 1. The van der Waals surface area contributed by atoms with Crippen molar-refractivity contribution in [3.8, 4) is 22.9 Å². The molecule has 0 unspecified atom stereocenters. The maximum atomic E-state index is 13.5. The molecule has 0 saturated carbocycles. The lowest BCUT2D eigenvalue weighted by Gasteiger charge is -2.16. The molecule has 4 aromatic carbocycles. The van der Waals surface area contributed by atoms with Crippen molar-refractivity contribution in [2.24, 2.45) is 5.10 Å².